The molecule has 0 amide bonds. The highest BCUT2D eigenvalue weighted by molar-refractivity contribution is 14.0. The van der Waals surface area contributed by atoms with Crippen LogP contribution < -0.4 is 15.4 Å². The zero-order chi connectivity index (χ0) is 23.1. The molecule has 0 atom stereocenters. The van der Waals surface area contributed by atoms with Crippen LogP contribution in [0.3, 0.4) is 0 Å². The summed E-state index contributed by atoms with van der Waals surface area (Å²) in [6, 6.07) is 12.1. The maximum atomic E-state index is 13.7. The number of halogens is 2. The Morgan fingerprint density at radius 1 is 1.09 bits per heavy atom. The number of hydrogen-bond acceptors (Lipinski definition) is 4. The SMILES string of the molecule is CN=C(NCCOc1cccc(C(C)(C)C)c1)NCc1cc(F)ccc1CS(C)(=O)=O.I. The van der Waals surface area contributed by atoms with Crippen LogP contribution in [0.4, 0.5) is 4.39 Å². The van der Waals surface area contributed by atoms with Gasteiger partial charge in [0.15, 0.2) is 15.8 Å². The fraction of sp³-hybridized carbons (Fsp3) is 0.435. The van der Waals surface area contributed by atoms with Gasteiger partial charge < -0.3 is 15.4 Å². The van der Waals surface area contributed by atoms with Crippen LogP contribution in [0.1, 0.15) is 37.5 Å². The average molecular weight is 578 g/mol. The van der Waals surface area contributed by atoms with E-state index >= 15 is 0 Å². The molecule has 0 spiro atoms. The van der Waals surface area contributed by atoms with Crippen LogP contribution in [0.25, 0.3) is 0 Å². The molecule has 2 N–H and O–H groups in total. The van der Waals surface area contributed by atoms with E-state index in [0.717, 1.165) is 12.0 Å². The number of sulfone groups is 1. The maximum absolute atomic E-state index is 13.7. The normalized spacial score (nSPS) is 12.1. The summed E-state index contributed by atoms with van der Waals surface area (Å²) in [5.74, 6) is 0.768. The highest BCUT2D eigenvalue weighted by Crippen LogP contribution is 2.25. The molecule has 0 saturated carbocycles. The Morgan fingerprint density at radius 3 is 2.44 bits per heavy atom. The Labute approximate surface area is 208 Å². The standard InChI is InChI=1S/C23H32FN3O3S.HI/c1-23(2,3)19-7-6-8-21(14-19)30-12-11-26-22(25-4)27-15-18-13-20(24)10-9-17(18)16-31(5,28)29;/h6-10,13-14H,11-12,15-16H2,1-5H3,(H2,25,26,27);1H. The van der Waals surface area contributed by atoms with Crippen molar-refractivity contribution in [3.63, 3.8) is 0 Å². The molecule has 0 aliphatic carbocycles. The summed E-state index contributed by atoms with van der Waals surface area (Å²) in [6.45, 7) is 7.67. The molecule has 0 aliphatic rings. The van der Waals surface area contributed by atoms with Gasteiger partial charge in [0.1, 0.15) is 18.2 Å². The third kappa shape index (κ3) is 9.72. The lowest BCUT2D eigenvalue weighted by molar-refractivity contribution is 0.321. The Balaban J connectivity index is 0.00000512. The van der Waals surface area contributed by atoms with Crippen LogP contribution >= 0.6 is 24.0 Å². The molecule has 2 rings (SSSR count). The molecular weight excluding hydrogens is 544 g/mol. The van der Waals surface area contributed by atoms with Gasteiger partial charge in [0.2, 0.25) is 0 Å². The molecule has 6 nitrogen and oxygen atoms in total. The molecule has 0 fully saturated rings. The largest absolute Gasteiger partial charge is 0.492 e. The van der Waals surface area contributed by atoms with Crippen LogP contribution in [0.15, 0.2) is 47.5 Å². The van der Waals surface area contributed by atoms with E-state index in [4.69, 9.17) is 4.74 Å². The lowest BCUT2D eigenvalue weighted by Crippen LogP contribution is -2.39. The van der Waals surface area contributed by atoms with Gasteiger partial charge >= 0.3 is 0 Å². The van der Waals surface area contributed by atoms with Crippen LogP contribution in [0.2, 0.25) is 0 Å². The Morgan fingerprint density at radius 2 is 1.81 bits per heavy atom. The van der Waals surface area contributed by atoms with Crippen molar-refractivity contribution in [2.24, 2.45) is 4.99 Å². The summed E-state index contributed by atoms with van der Waals surface area (Å²) >= 11 is 0. The van der Waals surface area contributed by atoms with E-state index in [1.807, 2.05) is 18.2 Å². The van der Waals surface area contributed by atoms with Crippen LogP contribution in [0, 0.1) is 5.82 Å². The second-order valence-corrected chi connectivity index (χ2v) is 10.6. The van der Waals surface area contributed by atoms with E-state index in [1.165, 1.54) is 23.8 Å². The Hall–Kier alpha value is -1.88. The Kier molecular flexibility index (Phi) is 10.9. The zero-order valence-electron chi connectivity index (χ0n) is 19.2. The fourth-order valence-electron chi connectivity index (χ4n) is 2.97. The van der Waals surface area contributed by atoms with Crippen LogP contribution in [-0.4, -0.2) is 40.8 Å². The van der Waals surface area contributed by atoms with E-state index in [-0.39, 0.29) is 41.7 Å². The van der Waals surface area contributed by atoms with Gasteiger partial charge in [-0.2, -0.15) is 0 Å². The van der Waals surface area contributed by atoms with Crippen molar-refractivity contribution in [2.45, 2.75) is 38.5 Å². The number of nitrogens with zero attached hydrogens (tertiary/aromatic N) is 1. The fourth-order valence-corrected chi connectivity index (χ4v) is 3.82. The van der Waals surface area contributed by atoms with Gasteiger partial charge in [-0.1, -0.05) is 39.0 Å². The molecule has 0 saturated heterocycles. The van der Waals surface area contributed by atoms with E-state index in [1.54, 1.807) is 7.05 Å². The highest BCUT2D eigenvalue weighted by Gasteiger charge is 2.14. The molecule has 9 heteroatoms. The predicted molar refractivity (Wildman–Crippen MR) is 139 cm³/mol. The molecule has 2 aromatic carbocycles. The summed E-state index contributed by atoms with van der Waals surface area (Å²) in [5, 5.41) is 6.23. The minimum Gasteiger partial charge on any atom is -0.492 e. The molecule has 32 heavy (non-hydrogen) atoms. The average Bonchev–Trinajstić information content (AvgIpc) is 2.68. The first-order chi connectivity index (χ1) is 14.5. The first-order valence-corrected chi connectivity index (χ1v) is 12.2. The second kappa shape index (κ2) is 12.4. The van der Waals surface area contributed by atoms with Gasteiger partial charge in [-0.3, -0.25) is 4.99 Å². The predicted octanol–water partition coefficient (Wildman–Crippen LogP) is 4.03. The van der Waals surface area contributed by atoms with Gasteiger partial charge in [0.05, 0.1) is 12.3 Å². The number of rotatable bonds is 8. The molecule has 0 unspecified atom stereocenters. The van der Waals surface area contributed by atoms with Gasteiger partial charge in [-0.15, -0.1) is 24.0 Å². The van der Waals surface area contributed by atoms with E-state index in [9.17, 15) is 12.8 Å². The van der Waals surface area contributed by atoms with Crippen molar-refractivity contribution in [3.05, 3.63) is 65.0 Å². The molecule has 0 radical (unpaired) electrons. The van der Waals surface area contributed by atoms with Crippen molar-refractivity contribution in [1.82, 2.24) is 10.6 Å². The van der Waals surface area contributed by atoms with Crippen molar-refractivity contribution >= 4 is 39.8 Å². The van der Waals surface area contributed by atoms with Gasteiger partial charge in [0.25, 0.3) is 0 Å². The molecule has 0 heterocycles. The van der Waals surface area contributed by atoms with E-state index < -0.39 is 15.7 Å². The summed E-state index contributed by atoms with van der Waals surface area (Å²) < 4.78 is 42.8. The van der Waals surface area contributed by atoms with Gasteiger partial charge in [-0.05, 0) is 46.4 Å². The van der Waals surface area contributed by atoms with Crippen molar-refractivity contribution in [3.8, 4) is 5.75 Å². The van der Waals surface area contributed by atoms with Crippen LogP contribution in [-0.2, 0) is 27.5 Å². The minimum atomic E-state index is -3.23. The van der Waals surface area contributed by atoms with E-state index in [0.29, 0.717) is 30.2 Å². The lowest BCUT2D eigenvalue weighted by Gasteiger charge is -2.20. The molecule has 0 bridgehead atoms. The monoisotopic (exact) mass is 577 g/mol. The number of hydrogen-bond donors (Lipinski definition) is 2. The molecular formula is C23H33FIN3O3S. The summed E-state index contributed by atoms with van der Waals surface area (Å²) in [6.07, 6.45) is 1.16. The molecule has 0 aliphatic heterocycles. The topological polar surface area (TPSA) is 79.8 Å². The third-order valence-corrected chi connectivity index (χ3v) is 5.45. The first-order valence-electron chi connectivity index (χ1n) is 10.1. The van der Waals surface area contributed by atoms with Gasteiger partial charge in [-0.25, -0.2) is 12.8 Å². The van der Waals surface area contributed by atoms with Crippen molar-refractivity contribution in [2.75, 3.05) is 26.5 Å². The first kappa shape index (κ1) is 28.2. The summed E-state index contributed by atoms with van der Waals surface area (Å²) in [7, 11) is -1.59. The maximum Gasteiger partial charge on any atom is 0.191 e. The second-order valence-electron chi connectivity index (χ2n) is 8.46. The number of aliphatic imine (C=N–C) groups is 1. The third-order valence-electron chi connectivity index (χ3n) is 4.62. The minimum absolute atomic E-state index is 0. The Bertz CT molecular complexity index is 1020. The van der Waals surface area contributed by atoms with E-state index in [2.05, 4.69) is 42.5 Å². The lowest BCUT2D eigenvalue weighted by atomic mass is 9.87. The summed E-state index contributed by atoms with van der Waals surface area (Å²) in [4.78, 5) is 4.15. The molecule has 178 valence electrons. The smallest absolute Gasteiger partial charge is 0.191 e. The highest BCUT2D eigenvalue weighted by atomic mass is 127. The molecule has 0 aromatic heterocycles. The number of guanidine groups is 1. The van der Waals surface area contributed by atoms with Crippen molar-refractivity contribution < 1.29 is 17.5 Å². The van der Waals surface area contributed by atoms with Gasteiger partial charge in [0, 0.05) is 19.8 Å². The summed E-state index contributed by atoms with van der Waals surface area (Å²) in [5.41, 5.74) is 2.39. The quantitative estimate of drug-likeness (QED) is 0.215. The van der Waals surface area contributed by atoms with Crippen LogP contribution in [0.5, 0.6) is 5.75 Å². The number of nitrogens with one attached hydrogen (secondary N) is 2. The molecule has 2 aromatic rings. The number of benzene rings is 2. The zero-order valence-corrected chi connectivity index (χ0v) is 22.4. The number of ether oxygens (including phenoxy) is 1. The van der Waals surface area contributed by atoms with Crippen molar-refractivity contribution in [1.29, 1.82) is 0 Å².